The highest BCUT2D eigenvalue weighted by atomic mass is 32.2. The van der Waals surface area contributed by atoms with Gasteiger partial charge in [-0.3, -0.25) is 4.31 Å². The Hall–Kier alpha value is -2.21. The van der Waals surface area contributed by atoms with E-state index in [0.29, 0.717) is 28.6 Å². The number of rotatable bonds is 4. The normalized spacial score (nSPS) is 13.2. The number of anilines is 1. The molecule has 134 valence electrons. The third-order valence-corrected chi connectivity index (χ3v) is 6.95. The average molecular weight is 361 g/mol. The molecule has 3 rings (SSSR count). The molecule has 1 heterocycles. The molecule has 1 aliphatic rings. The fraction of sp³-hybridized carbons (Fsp3) is 0.368. The van der Waals surface area contributed by atoms with E-state index in [4.69, 9.17) is 9.47 Å². The van der Waals surface area contributed by atoms with Gasteiger partial charge in [0.15, 0.2) is 11.5 Å². The summed E-state index contributed by atoms with van der Waals surface area (Å²) >= 11 is 0. The molecule has 0 aromatic heterocycles. The summed E-state index contributed by atoms with van der Waals surface area (Å²) < 4.78 is 39.1. The summed E-state index contributed by atoms with van der Waals surface area (Å²) in [4.78, 5) is 0.393. The standard InChI is InChI=1S/C19H23NO4S/c1-6-20(16-7-8-17-18(10-16)24-11-23-17)25(21,22)19-14(4)12(2)9-13(3)15(19)5/h7-10H,6,11H2,1-5H3. The van der Waals surface area contributed by atoms with E-state index in [1.54, 1.807) is 18.2 Å². The van der Waals surface area contributed by atoms with Crippen molar-refractivity contribution >= 4 is 15.7 Å². The van der Waals surface area contributed by atoms with Crippen LogP contribution in [-0.4, -0.2) is 21.8 Å². The molecule has 0 spiro atoms. The van der Waals surface area contributed by atoms with Gasteiger partial charge in [-0.1, -0.05) is 6.07 Å². The van der Waals surface area contributed by atoms with Gasteiger partial charge in [0.1, 0.15) is 0 Å². The van der Waals surface area contributed by atoms with Crippen LogP contribution in [0.25, 0.3) is 0 Å². The van der Waals surface area contributed by atoms with Gasteiger partial charge in [-0.2, -0.15) is 0 Å². The summed E-state index contributed by atoms with van der Waals surface area (Å²) in [5, 5.41) is 0. The van der Waals surface area contributed by atoms with Gasteiger partial charge in [-0.05, 0) is 69.0 Å². The van der Waals surface area contributed by atoms with E-state index in [1.807, 2.05) is 40.7 Å². The van der Waals surface area contributed by atoms with Gasteiger partial charge in [0.2, 0.25) is 6.79 Å². The van der Waals surface area contributed by atoms with Crippen LogP contribution in [0.4, 0.5) is 5.69 Å². The molecule has 0 fully saturated rings. The molecule has 0 radical (unpaired) electrons. The zero-order valence-electron chi connectivity index (χ0n) is 15.2. The summed E-state index contributed by atoms with van der Waals surface area (Å²) in [6.45, 7) is 9.93. The van der Waals surface area contributed by atoms with Gasteiger partial charge in [-0.15, -0.1) is 0 Å². The van der Waals surface area contributed by atoms with Crippen LogP contribution in [0.5, 0.6) is 11.5 Å². The van der Waals surface area contributed by atoms with Gasteiger partial charge in [-0.25, -0.2) is 8.42 Å². The molecule has 0 amide bonds. The number of aryl methyl sites for hydroxylation is 2. The third kappa shape index (κ3) is 2.84. The van der Waals surface area contributed by atoms with E-state index in [-0.39, 0.29) is 6.79 Å². The van der Waals surface area contributed by atoms with Gasteiger partial charge in [0.25, 0.3) is 10.0 Å². The van der Waals surface area contributed by atoms with E-state index in [0.717, 1.165) is 22.3 Å². The van der Waals surface area contributed by atoms with Crippen molar-refractivity contribution in [2.75, 3.05) is 17.6 Å². The molecule has 1 aliphatic heterocycles. The van der Waals surface area contributed by atoms with Crippen molar-refractivity contribution in [1.29, 1.82) is 0 Å². The molecule has 0 atom stereocenters. The van der Waals surface area contributed by atoms with Crippen molar-refractivity contribution < 1.29 is 17.9 Å². The largest absolute Gasteiger partial charge is 0.454 e. The van der Waals surface area contributed by atoms with Crippen molar-refractivity contribution in [3.63, 3.8) is 0 Å². The van der Waals surface area contributed by atoms with E-state index < -0.39 is 10.0 Å². The van der Waals surface area contributed by atoms with Gasteiger partial charge in [0, 0.05) is 12.6 Å². The molecule has 0 aliphatic carbocycles. The maximum atomic E-state index is 13.5. The summed E-state index contributed by atoms with van der Waals surface area (Å²) in [5.74, 6) is 1.20. The predicted octanol–water partition coefficient (Wildman–Crippen LogP) is 3.86. The lowest BCUT2D eigenvalue weighted by atomic mass is 10.0. The van der Waals surface area contributed by atoms with Crippen LogP contribution in [0.2, 0.25) is 0 Å². The van der Waals surface area contributed by atoms with Gasteiger partial charge < -0.3 is 9.47 Å². The number of ether oxygens (including phenoxy) is 2. The number of hydrogen-bond acceptors (Lipinski definition) is 4. The molecule has 0 unspecified atom stereocenters. The van der Waals surface area contributed by atoms with Crippen LogP contribution < -0.4 is 13.8 Å². The monoisotopic (exact) mass is 361 g/mol. The van der Waals surface area contributed by atoms with E-state index >= 15 is 0 Å². The fourth-order valence-corrected chi connectivity index (χ4v) is 5.26. The summed E-state index contributed by atoms with van der Waals surface area (Å²) in [7, 11) is -3.69. The minimum atomic E-state index is -3.69. The molecule has 6 heteroatoms. The van der Waals surface area contributed by atoms with Crippen molar-refractivity contribution in [1.82, 2.24) is 0 Å². The lowest BCUT2D eigenvalue weighted by Crippen LogP contribution is -2.32. The zero-order chi connectivity index (χ0) is 18.4. The summed E-state index contributed by atoms with van der Waals surface area (Å²) in [6.07, 6.45) is 0. The first-order valence-electron chi connectivity index (χ1n) is 8.27. The quantitative estimate of drug-likeness (QED) is 0.830. The first kappa shape index (κ1) is 17.6. The van der Waals surface area contributed by atoms with Crippen molar-refractivity contribution in [2.24, 2.45) is 0 Å². The average Bonchev–Trinajstić information content (AvgIpc) is 3.01. The topological polar surface area (TPSA) is 55.8 Å². The Morgan fingerprint density at radius 1 is 0.960 bits per heavy atom. The Morgan fingerprint density at radius 3 is 2.16 bits per heavy atom. The molecule has 0 saturated carbocycles. The van der Waals surface area contributed by atoms with Crippen molar-refractivity contribution in [3.05, 3.63) is 46.5 Å². The Balaban J connectivity index is 2.16. The second-order valence-electron chi connectivity index (χ2n) is 6.30. The number of hydrogen-bond donors (Lipinski definition) is 0. The molecule has 2 aromatic rings. The number of sulfonamides is 1. The van der Waals surface area contributed by atoms with Crippen LogP contribution in [0, 0.1) is 27.7 Å². The lowest BCUT2D eigenvalue weighted by Gasteiger charge is -2.26. The molecule has 5 nitrogen and oxygen atoms in total. The molecule has 25 heavy (non-hydrogen) atoms. The number of fused-ring (bicyclic) bond motifs is 1. The van der Waals surface area contributed by atoms with Crippen molar-refractivity contribution in [3.8, 4) is 11.5 Å². The van der Waals surface area contributed by atoms with E-state index in [9.17, 15) is 8.42 Å². The highest BCUT2D eigenvalue weighted by Gasteiger charge is 2.29. The Labute approximate surface area is 149 Å². The highest BCUT2D eigenvalue weighted by Crippen LogP contribution is 2.38. The minimum absolute atomic E-state index is 0.160. The summed E-state index contributed by atoms with van der Waals surface area (Å²) in [5.41, 5.74) is 4.11. The second-order valence-corrected chi connectivity index (χ2v) is 8.10. The molecular weight excluding hydrogens is 338 g/mol. The third-order valence-electron chi connectivity index (χ3n) is 4.78. The van der Waals surface area contributed by atoms with Crippen LogP contribution in [0.1, 0.15) is 29.2 Å². The van der Waals surface area contributed by atoms with E-state index in [1.165, 1.54) is 4.31 Å². The molecule has 0 bridgehead atoms. The lowest BCUT2D eigenvalue weighted by molar-refractivity contribution is 0.174. The van der Waals surface area contributed by atoms with Crippen LogP contribution in [-0.2, 0) is 10.0 Å². The minimum Gasteiger partial charge on any atom is -0.454 e. The first-order chi connectivity index (χ1) is 11.8. The maximum Gasteiger partial charge on any atom is 0.264 e. The number of nitrogens with zero attached hydrogens (tertiary/aromatic N) is 1. The SMILES string of the molecule is CCN(c1ccc2c(c1)OCO2)S(=O)(=O)c1c(C)c(C)cc(C)c1C. The summed E-state index contributed by atoms with van der Waals surface area (Å²) in [6, 6.07) is 7.25. The first-order valence-corrected chi connectivity index (χ1v) is 9.71. The van der Waals surface area contributed by atoms with Crippen LogP contribution in [0.15, 0.2) is 29.2 Å². The number of benzene rings is 2. The highest BCUT2D eigenvalue weighted by molar-refractivity contribution is 7.93. The maximum absolute atomic E-state index is 13.5. The molecular formula is C19H23NO4S. The Bertz CT molecular complexity index is 909. The van der Waals surface area contributed by atoms with Gasteiger partial charge in [0.05, 0.1) is 10.6 Å². The van der Waals surface area contributed by atoms with Crippen LogP contribution >= 0.6 is 0 Å². The van der Waals surface area contributed by atoms with Gasteiger partial charge >= 0.3 is 0 Å². The Morgan fingerprint density at radius 2 is 1.56 bits per heavy atom. The Kier molecular flexibility index (Phi) is 4.41. The smallest absolute Gasteiger partial charge is 0.264 e. The molecule has 0 saturated heterocycles. The molecule has 2 aromatic carbocycles. The molecule has 0 N–H and O–H groups in total. The van der Waals surface area contributed by atoms with Crippen LogP contribution in [0.3, 0.4) is 0 Å². The van der Waals surface area contributed by atoms with E-state index in [2.05, 4.69) is 0 Å². The second kappa shape index (κ2) is 6.26. The zero-order valence-corrected chi connectivity index (χ0v) is 16.0. The fourth-order valence-electron chi connectivity index (χ4n) is 3.21. The predicted molar refractivity (Wildman–Crippen MR) is 98.2 cm³/mol. The van der Waals surface area contributed by atoms with Crippen molar-refractivity contribution in [2.45, 2.75) is 39.5 Å².